The number of imidazole rings is 1. The highest BCUT2D eigenvalue weighted by molar-refractivity contribution is 5.28. The molecule has 1 fully saturated rings. The second-order valence-corrected chi connectivity index (χ2v) is 7.18. The van der Waals surface area contributed by atoms with Gasteiger partial charge in [-0.3, -0.25) is 0 Å². The fraction of sp³-hybridized carbons (Fsp3) is 0.824. The van der Waals surface area contributed by atoms with E-state index in [1.54, 1.807) is 0 Å². The van der Waals surface area contributed by atoms with Gasteiger partial charge in [-0.2, -0.15) is 0 Å². The Bertz CT molecular complexity index is 395. The number of rotatable bonds is 7. The summed E-state index contributed by atoms with van der Waals surface area (Å²) in [5.41, 5.74) is 0. The van der Waals surface area contributed by atoms with Gasteiger partial charge in [-0.15, -0.1) is 0 Å². The molecule has 0 radical (unpaired) electrons. The predicted molar refractivity (Wildman–Crippen MR) is 89.8 cm³/mol. The van der Waals surface area contributed by atoms with Gasteiger partial charge in [0.2, 0.25) is 5.95 Å². The molecule has 120 valence electrons. The molecule has 21 heavy (non-hydrogen) atoms. The first-order valence-corrected chi connectivity index (χ1v) is 8.50. The molecule has 1 aromatic rings. The lowest BCUT2D eigenvalue weighted by molar-refractivity contribution is 0.343. The first-order chi connectivity index (χ1) is 10.1. The van der Waals surface area contributed by atoms with Gasteiger partial charge in [0.25, 0.3) is 0 Å². The molecule has 1 unspecified atom stereocenters. The van der Waals surface area contributed by atoms with E-state index in [2.05, 4.69) is 53.9 Å². The van der Waals surface area contributed by atoms with Crippen LogP contribution in [0.4, 0.5) is 5.95 Å². The van der Waals surface area contributed by atoms with Crippen LogP contribution < -0.4 is 5.32 Å². The third-order valence-corrected chi connectivity index (χ3v) is 4.31. The minimum absolute atomic E-state index is 0.463. The van der Waals surface area contributed by atoms with Crippen LogP contribution in [0.25, 0.3) is 0 Å². The highest BCUT2D eigenvalue weighted by Crippen LogP contribution is 2.30. The molecule has 4 heteroatoms. The van der Waals surface area contributed by atoms with E-state index in [0.29, 0.717) is 18.0 Å². The van der Waals surface area contributed by atoms with Crippen LogP contribution in [0.2, 0.25) is 0 Å². The van der Waals surface area contributed by atoms with Crippen LogP contribution in [0.15, 0.2) is 12.4 Å². The summed E-state index contributed by atoms with van der Waals surface area (Å²) in [5.74, 6) is 1.76. The topological polar surface area (TPSA) is 33.1 Å². The van der Waals surface area contributed by atoms with E-state index >= 15 is 0 Å². The van der Waals surface area contributed by atoms with E-state index < -0.39 is 0 Å². The van der Waals surface area contributed by atoms with E-state index in [9.17, 15) is 0 Å². The molecule has 1 aliphatic carbocycles. The normalized spacial score (nSPS) is 18.4. The van der Waals surface area contributed by atoms with Crippen molar-refractivity contribution in [1.82, 2.24) is 14.5 Å². The molecule has 1 heterocycles. The van der Waals surface area contributed by atoms with Crippen LogP contribution in [-0.2, 0) is 0 Å². The van der Waals surface area contributed by atoms with Crippen molar-refractivity contribution in [3.8, 4) is 0 Å². The van der Waals surface area contributed by atoms with Crippen LogP contribution >= 0.6 is 0 Å². The number of nitrogens with one attached hydrogen (secondary N) is 1. The van der Waals surface area contributed by atoms with Crippen LogP contribution in [0.3, 0.4) is 0 Å². The molecule has 0 bridgehead atoms. The Kier molecular flexibility index (Phi) is 6.09. The first-order valence-electron chi connectivity index (χ1n) is 8.50. The van der Waals surface area contributed by atoms with Crippen molar-refractivity contribution in [2.24, 2.45) is 5.92 Å². The maximum absolute atomic E-state index is 4.58. The Labute approximate surface area is 129 Å². The average molecular weight is 292 g/mol. The zero-order valence-electron chi connectivity index (χ0n) is 14.2. The molecule has 1 N–H and O–H groups in total. The Balaban J connectivity index is 2.04. The number of hydrogen-bond acceptors (Lipinski definition) is 3. The van der Waals surface area contributed by atoms with Crippen molar-refractivity contribution in [3.63, 3.8) is 0 Å². The molecular formula is C17H32N4. The van der Waals surface area contributed by atoms with Crippen molar-refractivity contribution in [3.05, 3.63) is 12.4 Å². The minimum Gasteiger partial charge on any atom is -0.352 e. The van der Waals surface area contributed by atoms with Gasteiger partial charge in [0, 0.05) is 31.0 Å². The van der Waals surface area contributed by atoms with Gasteiger partial charge in [-0.1, -0.05) is 33.1 Å². The molecular weight excluding hydrogens is 260 g/mol. The SMILES string of the molecule is CC(C)CC(CN(C)C)Nc1nccn1C1CCCCC1. The van der Waals surface area contributed by atoms with Crippen molar-refractivity contribution in [2.75, 3.05) is 26.0 Å². The summed E-state index contributed by atoms with van der Waals surface area (Å²) in [4.78, 5) is 6.84. The van der Waals surface area contributed by atoms with Crippen molar-refractivity contribution in [2.45, 2.75) is 64.5 Å². The van der Waals surface area contributed by atoms with E-state index in [1.165, 1.54) is 38.5 Å². The number of hydrogen-bond donors (Lipinski definition) is 1. The average Bonchev–Trinajstić information content (AvgIpc) is 2.86. The predicted octanol–water partition coefficient (Wildman–Crippen LogP) is 3.78. The van der Waals surface area contributed by atoms with Crippen LogP contribution in [0, 0.1) is 5.92 Å². The van der Waals surface area contributed by atoms with Gasteiger partial charge >= 0.3 is 0 Å². The molecule has 0 amide bonds. The molecule has 1 aliphatic rings. The van der Waals surface area contributed by atoms with Crippen molar-refractivity contribution < 1.29 is 0 Å². The summed E-state index contributed by atoms with van der Waals surface area (Å²) in [6.07, 6.45) is 12.0. The van der Waals surface area contributed by atoms with Gasteiger partial charge in [-0.25, -0.2) is 4.98 Å². The van der Waals surface area contributed by atoms with Crippen LogP contribution in [0.5, 0.6) is 0 Å². The molecule has 0 saturated heterocycles. The fourth-order valence-electron chi connectivity index (χ4n) is 3.45. The minimum atomic E-state index is 0.463. The van der Waals surface area contributed by atoms with Crippen LogP contribution in [-0.4, -0.2) is 41.1 Å². The summed E-state index contributed by atoms with van der Waals surface area (Å²) in [6, 6.07) is 1.10. The summed E-state index contributed by atoms with van der Waals surface area (Å²) >= 11 is 0. The molecule has 1 saturated carbocycles. The van der Waals surface area contributed by atoms with E-state index in [0.717, 1.165) is 12.5 Å². The smallest absolute Gasteiger partial charge is 0.203 e. The van der Waals surface area contributed by atoms with Gasteiger partial charge in [-0.05, 0) is 39.3 Å². The monoisotopic (exact) mass is 292 g/mol. The lowest BCUT2D eigenvalue weighted by Gasteiger charge is -2.28. The molecule has 0 spiro atoms. The van der Waals surface area contributed by atoms with Gasteiger partial charge in [0.15, 0.2) is 0 Å². The standard InChI is InChI=1S/C17H32N4/c1-14(2)12-15(13-20(3)4)19-17-18-10-11-21(17)16-8-6-5-7-9-16/h10-11,14-16H,5-9,12-13H2,1-4H3,(H,18,19). The van der Waals surface area contributed by atoms with Crippen LogP contribution in [0.1, 0.15) is 58.4 Å². The maximum Gasteiger partial charge on any atom is 0.203 e. The Morgan fingerprint density at radius 2 is 2.00 bits per heavy atom. The molecule has 4 nitrogen and oxygen atoms in total. The summed E-state index contributed by atoms with van der Waals surface area (Å²) < 4.78 is 2.38. The molecule has 0 aromatic carbocycles. The highest BCUT2D eigenvalue weighted by Gasteiger charge is 2.20. The lowest BCUT2D eigenvalue weighted by atomic mass is 9.95. The second-order valence-electron chi connectivity index (χ2n) is 7.18. The molecule has 2 rings (SSSR count). The number of aromatic nitrogens is 2. The van der Waals surface area contributed by atoms with Gasteiger partial charge in [0.1, 0.15) is 0 Å². The highest BCUT2D eigenvalue weighted by atomic mass is 15.2. The number of anilines is 1. The Hall–Kier alpha value is -1.03. The zero-order valence-corrected chi connectivity index (χ0v) is 14.2. The first kappa shape index (κ1) is 16.3. The summed E-state index contributed by atoms with van der Waals surface area (Å²) in [5, 5.41) is 3.70. The van der Waals surface area contributed by atoms with E-state index in [4.69, 9.17) is 0 Å². The maximum atomic E-state index is 4.58. The Morgan fingerprint density at radius 1 is 1.29 bits per heavy atom. The third-order valence-electron chi connectivity index (χ3n) is 4.31. The molecule has 0 aliphatic heterocycles. The number of likely N-dealkylation sites (N-methyl/N-ethyl adjacent to an activating group) is 1. The zero-order chi connectivity index (χ0) is 15.2. The number of nitrogens with zero attached hydrogens (tertiary/aromatic N) is 3. The van der Waals surface area contributed by atoms with E-state index in [-0.39, 0.29) is 0 Å². The second kappa shape index (κ2) is 7.83. The van der Waals surface area contributed by atoms with Crippen molar-refractivity contribution >= 4 is 5.95 Å². The molecule has 1 aromatic heterocycles. The quantitative estimate of drug-likeness (QED) is 0.830. The summed E-state index contributed by atoms with van der Waals surface area (Å²) in [7, 11) is 4.28. The largest absolute Gasteiger partial charge is 0.352 e. The van der Waals surface area contributed by atoms with Gasteiger partial charge in [0.05, 0.1) is 0 Å². The summed E-state index contributed by atoms with van der Waals surface area (Å²) in [6.45, 7) is 5.63. The van der Waals surface area contributed by atoms with E-state index in [1.807, 2.05) is 6.20 Å². The van der Waals surface area contributed by atoms with Gasteiger partial charge < -0.3 is 14.8 Å². The third kappa shape index (κ3) is 5.03. The lowest BCUT2D eigenvalue weighted by Crippen LogP contribution is -2.34. The Morgan fingerprint density at radius 3 is 2.62 bits per heavy atom. The molecule has 1 atom stereocenters. The fourth-order valence-corrected chi connectivity index (χ4v) is 3.45. The van der Waals surface area contributed by atoms with Crippen molar-refractivity contribution in [1.29, 1.82) is 0 Å².